The molecule has 0 aliphatic carbocycles. The quantitative estimate of drug-likeness (QED) is 0.644. The van der Waals surface area contributed by atoms with E-state index < -0.39 is 11.9 Å². The van der Waals surface area contributed by atoms with Gasteiger partial charge in [-0.3, -0.25) is 9.69 Å². The number of hydrogen-bond donors (Lipinski definition) is 0. The molecule has 1 amide bonds. The van der Waals surface area contributed by atoms with E-state index in [1.165, 1.54) is 6.07 Å². The third kappa shape index (κ3) is 3.32. The van der Waals surface area contributed by atoms with E-state index in [1.807, 2.05) is 0 Å². The Hall–Kier alpha value is -2.94. The van der Waals surface area contributed by atoms with Gasteiger partial charge in [0, 0.05) is 37.3 Å². The molecular weight excluding hydrogens is 395 g/mol. The van der Waals surface area contributed by atoms with Gasteiger partial charge < -0.3 is 4.90 Å². The Morgan fingerprint density at radius 2 is 1.87 bits per heavy atom. The van der Waals surface area contributed by atoms with Crippen molar-refractivity contribution in [3.05, 3.63) is 53.9 Å². The SMILES string of the molecule is O=C(c1cc2nc(-c3ccccc3)cc(C(F)(F)F)n2n1)N1CCN2CCC[C@@H]2C1. The van der Waals surface area contributed by atoms with Crippen molar-refractivity contribution in [2.24, 2.45) is 0 Å². The van der Waals surface area contributed by atoms with Crippen LogP contribution in [0, 0.1) is 0 Å². The molecule has 2 aliphatic heterocycles. The summed E-state index contributed by atoms with van der Waals surface area (Å²) >= 11 is 0. The molecule has 0 N–H and O–H groups in total. The smallest absolute Gasteiger partial charge is 0.334 e. The van der Waals surface area contributed by atoms with Gasteiger partial charge in [-0.2, -0.15) is 18.3 Å². The van der Waals surface area contributed by atoms with Gasteiger partial charge in [-0.05, 0) is 25.5 Å². The first-order valence-corrected chi connectivity index (χ1v) is 9.97. The number of halogens is 3. The maximum absolute atomic E-state index is 13.7. The zero-order chi connectivity index (χ0) is 20.9. The second kappa shape index (κ2) is 7.09. The molecule has 0 spiro atoms. The zero-order valence-corrected chi connectivity index (χ0v) is 16.1. The van der Waals surface area contributed by atoms with Crippen LogP contribution in [0.3, 0.4) is 0 Å². The number of hydrogen-bond acceptors (Lipinski definition) is 4. The predicted molar refractivity (Wildman–Crippen MR) is 104 cm³/mol. The van der Waals surface area contributed by atoms with E-state index >= 15 is 0 Å². The Morgan fingerprint density at radius 3 is 2.63 bits per heavy atom. The highest BCUT2D eigenvalue weighted by molar-refractivity contribution is 5.93. The van der Waals surface area contributed by atoms with Crippen molar-refractivity contribution in [2.75, 3.05) is 26.2 Å². The maximum atomic E-state index is 13.7. The molecule has 0 unspecified atom stereocenters. The number of piperazine rings is 1. The summed E-state index contributed by atoms with van der Waals surface area (Å²) in [6.07, 6.45) is -2.48. The van der Waals surface area contributed by atoms with E-state index in [9.17, 15) is 18.0 Å². The van der Waals surface area contributed by atoms with E-state index in [2.05, 4.69) is 15.0 Å². The lowest BCUT2D eigenvalue weighted by Gasteiger charge is -2.37. The lowest BCUT2D eigenvalue weighted by Crippen LogP contribution is -2.52. The molecule has 1 atom stereocenters. The second-order valence-electron chi connectivity index (χ2n) is 7.77. The van der Waals surface area contributed by atoms with Crippen LogP contribution in [0.5, 0.6) is 0 Å². The van der Waals surface area contributed by atoms with Crippen LogP contribution in [0.4, 0.5) is 13.2 Å². The fourth-order valence-electron chi connectivity index (χ4n) is 4.38. The van der Waals surface area contributed by atoms with Gasteiger partial charge in [-0.1, -0.05) is 30.3 Å². The predicted octanol–water partition coefficient (Wildman–Crippen LogP) is 3.34. The average molecular weight is 415 g/mol. The summed E-state index contributed by atoms with van der Waals surface area (Å²) < 4.78 is 41.9. The molecule has 0 radical (unpaired) electrons. The minimum atomic E-state index is -4.63. The van der Waals surface area contributed by atoms with E-state index in [-0.39, 0.29) is 22.9 Å². The highest BCUT2D eigenvalue weighted by Gasteiger charge is 2.37. The molecule has 156 valence electrons. The van der Waals surface area contributed by atoms with Crippen molar-refractivity contribution in [1.82, 2.24) is 24.4 Å². The summed E-state index contributed by atoms with van der Waals surface area (Å²) in [4.78, 5) is 21.4. The van der Waals surface area contributed by atoms with Crippen LogP contribution in [0.25, 0.3) is 16.9 Å². The first-order chi connectivity index (χ1) is 14.4. The molecule has 2 aliphatic rings. The Bertz CT molecular complexity index is 1100. The van der Waals surface area contributed by atoms with Crippen LogP contribution in [0.15, 0.2) is 42.5 Å². The maximum Gasteiger partial charge on any atom is 0.433 e. The summed E-state index contributed by atoms with van der Waals surface area (Å²) in [6, 6.07) is 11.3. The third-order valence-electron chi connectivity index (χ3n) is 5.88. The molecule has 0 bridgehead atoms. The fraction of sp³-hybridized carbons (Fsp3) is 0.381. The monoisotopic (exact) mass is 415 g/mol. The van der Waals surface area contributed by atoms with Crippen LogP contribution in [-0.4, -0.2) is 62.5 Å². The van der Waals surface area contributed by atoms with Gasteiger partial charge in [-0.15, -0.1) is 0 Å². The number of carbonyl (C=O) groups is 1. The fourth-order valence-corrected chi connectivity index (χ4v) is 4.38. The molecule has 2 fully saturated rings. The summed E-state index contributed by atoms with van der Waals surface area (Å²) in [5, 5.41) is 4.00. The first-order valence-electron chi connectivity index (χ1n) is 9.97. The lowest BCUT2D eigenvalue weighted by molar-refractivity contribution is -0.142. The molecular formula is C21H20F3N5O. The number of rotatable bonds is 2. The number of carbonyl (C=O) groups excluding carboxylic acids is 1. The van der Waals surface area contributed by atoms with Crippen molar-refractivity contribution in [3.63, 3.8) is 0 Å². The molecule has 4 heterocycles. The van der Waals surface area contributed by atoms with E-state index in [1.54, 1.807) is 35.2 Å². The zero-order valence-electron chi connectivity index (χ0n) is 16.1. The van der Waals surface area contributed by atoms with Crippen LogP contribution in [0.1, 0.15) is 29.0 Å². The normalized spacial score (nSPS) is 20.0. The number of nitrogens with zero attached hydrogens (tertiary/aromatic N) is 5. The Morgan fingerprint density at radius 1 is 1.07 bits per heavy atom. The van der Waals surface area contributed by atoms with E-state index in [0.29, 0.717) is 24.7 Å². The molecule has 9 heteroatoms. The minimum Gasteiger partial charge on any atom is -0.334 e. The van der Waals surface area contributed by atoms with Crippen LogP contribution >= 0.6 is 0 Å². The molecule has 30 heavy (non-hydrogen) atoms. The van der Waals surface area contributed by atoms with Crippen LogP contribution < -0.4 is 0 Å². The van der Waals surface area contributed by atoms with Gasteiger partial charge in [0.05, 0.1) is 5.69 Å². The number of fused-ring (bicyclic) bond motifs is 2. The Labute approximate surface area is 170 Å². The van der Waals surface area contributed by atoms with Crippen LogP contribution in [0.2, 0.25) is 0 Å². The summed E-state index contributed by atoms with van der Waals surface area (Å²) in [5.74, 6) is -0.346. The number of aromatic nitrogens is 3. The Kier molecular flexibility index (Phi) is 4.50. The molecule has 2 aromatic heterocycles. The highest BCUT2D eigenvalue weighted by atomic mass is 19.4. The van der Waals surface area contributed by atoms with Crippen molar-refractivity contribution in [3.8, 4) is 11.3 Å². The molecule has 2 saturated heterocycles. The molecule has 1 aromatic carbocycles. The molecule has 3 aromatic rings. The third-order valence-corrected chi connectivity index (χ3v) is 5.88. The van der Waals surface area contributed by atoms with Gasteiger partial charge in [0.15, 0.2) is 17.0 Å². The number of benzene rings is 1. The highest BCUT2D eigenvalue weighted by Crippen LogP contribution is 2.32. The van der Waals surface area contributed by atoms with Crippen molar-refractivity contribution >= 4 is 11.6 Å². The van der Waals surface area contributed by atoms with Gasteiger partial charge in [-0.25, -0.2) is 9.50 Å². The number of alkyl halides is 3. The summed E-state index contributed by atoms with van der Waals surface area (Å²) in [7, 11) is 0. The Balaban J connectivity index is 1.53. The summed E-state index contributed by atoms with van der Waals surface area (Å²) in [6.45, 7) is 2.97. The first kappa shape index (κ1) is 19.0. The summed E-state index contributed by atoms with van der Waals surface area (Å²) in [5.41, 5.74) is -0.201. The van der Waals surface area contributed by atoms with Crippen molar-refractivity contribution < 1.29 is 18.0 Å². The van der Waals surface area contributed by atoms with Crippen molar-refractivity contribution in [1.29, 1.82) is 0 Å². The molecule has 6 nitrogen and oxygen atoms in total. The second-order valence-corrected chi connectivity index (χ2v) is 7.77. The average Bonchev–Trinajstić information content (AvgIpc) is 3.38. The van der Waals surface area contributed by atoms with E-state index in [0.717, 1.165) is 36.5 Å². The molecule has 5 rings (SSSR count). The number of amides is 1. The van der Waals surface area contributed by atoms with Gasteiger partial charge in [0.2, 0.25) is 0 Å². The largest absolute Gasteiger partial charge is 0.433 e. The van der Waals surface area contributed by atoms with Gasteiger partial charge >= 0.3 is 6.18 Å². The molecule has 0 saturated carbocycles. The standard InChI is InChI=1S/C21H20F3N5O/c22-21(23,24)18-11-16(14-5-2-1-3-6-14)25-19-12-17(26-29(18)19)20(30)28-10-9-27-8-4-7-15(27)13-28/h1-3,5-6,11-12,15H,4,7-10,13H2/t15-/m1/s1. The van der Waals surface area contributed by atoms with Crippen LogP contribution in [-0.2, 0) is 6.18 Å². The minimum absolute atomic E-state index is 0.00605. The van der Waals surface area contributed by atoms with Crippen molar-refractivity contribution in [2.45, 2.75) is 25.1 Å². The topological polar surface area (TPSA) is 53.7 Å². The lowest BCUT2D eigenvalue weighted by atomic mass is 10.1. The van der Waals surface area contributed by atoms with Gasteiger partial charge in [0.1, 0.15) is 0 Å². The van der Waals surface area contributed by atoms with Gasteiger partial charge in [0.25, 0.3) is 5.91 Å². The van der Waals surface area contributed by atoms with E-state index in [4.69, 9.17) is 0 Å².